The second-order valence-corrected chi connectivity index (χ2v) is 7.15. The van der Waals surface area contributed by atoms with E-state index >= 15 is 0 Å². The molecule has 0 spiro atoms. The fraction of sp³-hybridized carbons (Fsp3) is 0.667. The van der Waals surface area contributed by atoms with Gasteiger partial charge in [0.25, 0.3) is 5.91 Å². The van der Waals surface area contributed by atoms with Crippen molar-refractivity contribution in [3.05, 3.63) is 23.9 Å². The van der Waals surface area contributed by atoms with Gasteiger partial charge in [-0.2, -0.15) is 0 Å². The van der Waals surface area contributed by atoms with Crippen molar-refractivity contribution >= 4 is 11.7 Å². The molecule has 0 saturated carbocycles. The van der Waals surface area contributed by atoms with Crippen LogP contribution in [0.25, 0.3) is 0 Å². The number of amides is 1. The highest BCUT2D eigenvalue weighted by atomic mass is 16.2. The number of fused-ring (bicyclic) bond motifs is 1. The Morgan fingerprint density at radius 3 is 2.35 bits per heavy atom. The summed E-state index contributed by atoms with van der Waals surface area (Å²) in [6.45, 7) is 6.19. The maximum Gasteiger partial charge on any atom is 0.255 e. The van der Waals surface area contributed by atoms with Crippen LogP contribution in [0.4, 0.5) is 5.82 Å². The zero-order chi connectivity index (χ0) is 15.6. The standard InChI is InChI=1S/C18H26N4O/c23-18(22-9-5-14-11-19-12-15(14)6-10-22)16-3-4-17(20-13-16)21-7-1-2-8-21/h3-4,13-15,19H,1-2,5-12H2/t14-,15+. The molecule has 5 heteroatoms. The Hall–Kier alpha value is -1.62. The third-order valence-electron chi connectivity index (χ3n) is 5.73. The highest BCUT2D eigenvalue weighted by Gasteiger charge is 2.31. The summed E-state index contributed by atoms with van der Waals surface area (Å²) in [4.78, 5) is 21.6. The van der Waals surface area contributed by atoms with E-state index in [0.717, 1.165) is 75.3 Å². The van der Waals surface area contributed by atoms with Crippen LogP contribution in [-0.2, 0) is 0 Å². The summed E-state index contributed by atoms with van der Waals surface area (Å²) in [6.07, 6.45) is 6.51. The molecule has 0 radical (unpaired) electrons. The van der Waals surface area contributed by atoms with Crippen LogP contribution in [0.2, 0.25) is 0 Å². The van der Waals surface area contributed by atoms with E-state index in [2.05, 4.69) is 15.2 Å². The van der Waals surface area contributed by atoms with E-state index < -0.39 is 0 Å². The molecule has 3 aliphatic rings. The van der Waals surface area contributed by atoms with Gasteiger partial charge in [-0.25, -0.2) is 4.98 Å². The summed E-state index contributed by atoms with van der Waals surface area (Å²) >= 11 is 0. The number of carbonyl (C=O) groups is 1. The summed E-state index contributed by atoms with van der Waals surface area (Å²) < 4.78 is 0. The zero-order valence-corrected chi connectivity index (χ0v) is 13.7. The van der Waals surface area contributed by atoms with E-state index in [4.69, 9.17) is 0 Å². The Morgan fingerprint density at radius 1 is 1.04 bits per heavy atom. The fourth-order valence-electron chi connectivity index (χ4n) is 4.25. The van der Waals surface area contributed by atoms with Gasteiger partial charge in [0.05, 0.1) is 5.56 Å². The molecule has 124 valence electrons. The average molecular weight is 314 g/mol. The normalized spacial score (nSPS) is 27.8. The van der Waals surface area contributed by atoms with Crippen LogP contribution in [0.15, 0.2) is 18.3 Å². The molecule has 0 bridgehead atoms. The Kier molecular flexibility index (Phi) is 4.21. The molecule has 23 heavy (non-hydrogen) atoms. The van der Waals surface area contributed by atoms with E-state index in [9.17, 15) is 4.79 Å². The molecule has 4 heterocycles. The second kappa shape index (κ2) is 6.48. The van der Waals surface area contributed by atoms with Gasteiger partial charge in [0, 0.05) is 32.4 Å². The van der Waals surface area contributed by atoms with Gasteiger partial charge in [-0.1, -0.05) is 0 Å². The molecule has 0 aromatic carbocycles. The van der Waals surface area contributed by atoms with Crippen LogP contribution in [0.3, 0.4) is 0 Å². The van der Waals surface area contributed by atoms with Gasteiger partial charge in [0.15, 0.2) is 0 Å². The predicted octanol–water partition coefficient (Wildman–Crippen LogP) is 1.75. The lowest BCUT2D eigenvalue weighted by atomic mass is 9.92. The Balaban J connectivity index is 1.42. The molecule has 1 amide bonds. The molecular weight excluding hydrogens is 288 g/mol. The molecule has 5 nitrogen and oxygen atoms in total. The first kappa shape index (κ1) is 14.9. The van der Waals surface area contributed by atoms with Crippen molar-refractivity contribution in [1.29, 1.82) is 0 Å². The minimum absolute atomic E-state index is 0.151. The van der Waals surface area contributed by atoms with Crippen LogP contribution in [0.5, 0.6) is 0 Å². The summed E-state index contributed by atoms with van der Waals surface area (Å²) in [6, 6.07) is 3.96. The van der Waals surface area contributed by atoms with Crippen molar-refractivity contribution in [2.45, 2.75) is 25.7 Å². The van der Waals surface area contributed by atoms with Gasteiger partial charge in [-0.05, 0) is 62.7 Å². The van der Waals surface area contributed by atoms with Crippen LogP contribution >= 0.6 is 0 Å². The van der Waals surface area contributed by atoms with Gasteiger partial charge in [0.1, 0.15) is 5.82 Å². The Labute approximate surface area is 138 Å². The maximum absolute atomic E-state index is 12.8. The Morgan fingerprint density at radius 2 is 1.74 bits per heavy atom. The van der Waals surface area contributed by atoms with Gasteiger partial charge in [0.2, 0.25) is 0 Å². The van der Waals surface area contributed by atoms with Crippen molar-refractivity contribution in [3.63, 3.8) is 0 Å². The van der Waals surface area contributed by atoms with E-state index in [0.29, 0.717) is 0 Å². The third-order valence-corrected chi connectivity index (χ3v) is 5.73. The minimum atomic E-state index is 0.151. The van der Waals surface area contributed by atoms with Crippen molar-refractivity contribution in [2.75, 3.05) is 44.2 Å². The summed E-state index contributed by atoms with van der Waals surface area (Å²) in [5.41, 5.74) is 0.734. The average Bonchev–Trinajstić information content (AvgIpc) is 3.24. The second-order valence-electron chi connectivity index (χ2n) is 7.15. The number of anilines is 1. The topological polar surface area (TPSA) is 48.5 Å². The quantitative estimate of drug-likeness (QED) is 0.903. The van der Waals surface area contributed by atoms with Crippen LogP contribution in [0, 0.1) is 11.8 Å². The number of hydrogen-bond acceptors (Lipinski definition) is 4. The van der Waals surface area contributed by atoms with E-state index in [1.807, 2.05) is 17.0 Å². The first-order valence-corrected chi connectivity index (χ1v) is 9.02. The lowest BCUT2D eigenvalue weighted by Crippen LogP contribution is -2.33. The number of aromatic nitrogens is 1. The number of nitrogens with one attached hydrogen (secondary N) is 1. The first-order valence-electron chi connectivity index (χ1n) is 9.02. The molecule has 4 rings (SSSR count). The number of likely N-dealkylation sites (tertiary alicyclic amines) is 1. The van der Waals surface area contributed by atoms with Crippen LogP contribution < -0.4 is 10.2 Å². The van der Waals surface area contributed by atoms with Crippen molar-refractivity contribution < 1.29 is 4.79 Å². The highest BCUT2D eigenvalue weighted by molar-refractivity contribution is 5.94. The van der Waals surface area contributed by atoms with Gasteiger partial charge < -0.3 is 15.1 Å². The molecule has 1 aromatic heterocycles. The van der Waals surface area contributed by atoms with Crippen molar-refractivity contribution in [2.24, 2.45) is 11.8 Å². The molecular formula is C18H26N4O. The van der Waals surface area contributed by atoms with Crippen LogP contribution in [-0.4, -0.2) is 55.1 Å². The number of rotatable bonds is 2. The molecule has 1 N–H and O–H groups in total. The number of carbonyl (C=O) groups excluding carboxylic acids is 1. The molecule has 3 saturated heterocycles. The third kappa shape index (κ3) is 3.07. The molecule has 3 fully saturated rings. The van der Waals surface area contributed by atoms with Gasteiger partial charge in [-0.3, -0.25) is 4.79 Å². The lowest BCUT2D eigenvalue weighted by molar-refractivity contribution is 0.0758. The first-order chi connectivity index (χ1) is 11.3. The Bertz CT molecular complexity index is 539. The largest absolute Gasteiger partial charge is 0.357 e. The van der Waals surface area contributed by atoms with Gasteiger partial charge in [-0.15, -0.1) is 0 Å². The van der Waals surface area contributed by atoms with Crippen LogP contribution in [0.1, 0.15) is 36.0 Å². The minimum Gasteiger partial charge on any atom is -0.357 e. The molecule has 3 aliphatic heterocycles. The molecule has 2 atom stereocenters. The maximum atomic E-state index is 12.8. The lowest BCUT2D eigenvalue weighted by Gasteiger charge is -2.21. The summed E-state index contributed by atoms with van der Waals surface area (Å²) in [5.74, 6) is 2.67. The van der Waals surface area contributed by atoms with Gasteiger partial charge >= 0.3 is 0 Å². The molecule has 1 aromatic rings. The summed E-state index contributed by atoms with van der Waals surface area (Å²) in [5, 5.41) is 3.48. The highest BCUT2D eigenvalue weighted by Crippen LogP contribution is 2.27. The van der Waals surface area contributed by atoms with E-state index in [1.54, 1.807) is 6.20 Å². The van der Waals surface area contributed by atoms with E-state index in [1.165, 1.54) is 12.8 Å². The molecule has 0 unspecified atom stereocenters. The predicted molar refractivity (Wildman–Crippen MR) is 90.7 cm³/mol. The summed E-state index contributed by atoms with van der Waals surface area (Å²) in [7, 11) is 0. The molecule has 0 aliphatic carbocycles. The number of pyridine rings is 1. The fourth-order valence-corrected chi connectivity index (χ4v) is 4.25. The number of hydrogen-bond donors (Lipinski definition) is 1. The van der Waals surface area contributed by atoms with E-state index in [-0.39, 0.29) is 5.91 Å². The number of nitrogens with zero attached hydrogens (tertiary/aromatic N) is 3. The SMILES string of the molecule is O=C(c1ccc(N2CCCC2)nc1)N1CC[C@@H]2CNC[C@@H]2CC1. The smallest absolute Gasteiger partial charge is 0.255 e. The van der Waals surface area contributed by atoms with Crippen molar-refractivity contribution in [3.8, 4) is 0 Å². The zero-order valence-electron chi connectivity index (χ0n) is 13.7. The monoisotopic (exact) mass is 314 g/mol. The van der Waals surface area contributed by atoms with Crippen molar-refractivity contribution in [1.82, 2.24) is 15.2 Å².